The van der Waals surface area contributed by atoms with E-state index in [2.05, 4.69) is 32.9 Å². The van der Waals surface area contributed by atoms with Crippen LogP contribution in [0.4, 0.5) is 0 Å². The molecule has 0 bridgehead atoms. The molecule has 5 aromatic rings. The Bertz CT molecular complexity index is 1350. The minimum absolute atomic E-state index is 0.587. The molecule has 154 valence electrons. The highest BCUT2D eigenvalue weighted by Crippen LogP contribution is 2.30. The van der Waals surface area contributed by atoms with Crippen LogP contribution >= 0.6 is 0 Å². The molecule has 31 heavy (non-hydrogen) atoms. The fraction of sp³-hybridized carbons (Fsp3) is 0.160. The first kappa shape index (κ1) is 19.1. The summed E-state index contributed by atoms with van der Waals surface area (Å²) in [4.78, 5) is 9.56. The number of hydrogen-bond donors (Lipinski definition) is 0. The lowest BCUT2D eigenvalue weighted by atomic mass is 10.1. The summed E-state index contributed by atoms with van der Waals surface area (Å²) in [6.45, 7) is 4.49. The molecule has 3 heterocycles. The van der Waals surface area contributed by atoms with E-state index in [-0.39, 0.29) is 0 Å². The van der Waals surface area contributed by atoms with Crippen LogP contribution in [0.5, 0.6) is 5.75 Å². The van der Waals surface area contributed by atoms with Crippen LogP contribution in [0.2, 0.25) is 0 Å². The van der Waals surface area contributed by atoms with E-state index in [1.807, 2.05) is 62.5 Å². The zero-order chi connectivity index (χ0) is 21.4. The lowest BCUT2D eigenvalue weighted by Crippen LogP contribution is -2.04. The maximum absolute atomic E-state index is 5.43. The van der Waals surface area contributed by atoms with Crippen molar-refractivity contribution in [1.82, 2.24) is 19.7 Å². The maximum atomic E-state index is 5.43. The fourth-order valence-electron chi connectivity index (χ4n) is 3.82. The predicted octanol–water partition coefficient (Wildman–Crippen LogP) is 5.43. The molecule has 0 saturated heterocycles. The number of nitrogens with zero attached hydrogens (tertiary/aromatic N) is 4. The van der Waals surface area contributed by atoms with E-state index in [0.717, 1.165) is 50.8 Å². The van der Waals surface area contributed by atoms with Gasteiger partial charge in [0.05, 0.1) is 24.9 Å². The maximum Gasteiger partial charge on any atom is 0.178 e. The van der Waals surface area contributed by atoms with E-state index in [4.69, 9.17) is 14.2 Å². The summed E-state index contributed by atoms with van der Waals surface area (Å²) in [5.41, 5.74) is 6.71. The molecule has 2 aromatic carbocycles. The molecule has 0 spiro atoms. The zero-order valence-corrected chi connectivity index (χ0v) is 17.7. The van der Waals surface area contributed by atoms with Crippen molar-refractivity contribution in [2.75, 3.05) is 7.11 Å². The molecule has 0 atom stereocenters. The Morgan fingerprint density at radius 2 is 1.74 bits per heavy atom. The molecule has 0 amide bonds. The van der Waals surface area contributed by atoms with Crippen molar-refractivity contribution in [1.29, 1.82) is 0 Å². The normalized spacial score (nSPS) is 11.2. The van der Waals surface area contributed by atoms with E-state index >= 15 is 0 Å². The number of benzene rings is 2. The van der Waals surface area contributed by atoms with Gasteiger partial charge in [-0.2, -0.15) is 0 Å². The van der Waals surface area contributed by atoms with Crippen LogP contribution in [0.3, 0.4) is 0 Å². The lowest BCUT2D eigenvalue weighted by molar-refractivity contribution is 0.392. The van der Waals surface area contributed by atoms with Gasteiger partial charge in [-0.3, -0.25) is 0 Å². The second-order valence-corrected chi connectivity index (χ2v) is 7.49. The van der Waals surface area contributed by atoms with Crippen molar-refractivity contribution >= 4 is 11.2 Å². The molecule has 0 unspecified atom stereocenters. The van der Waals surface area contributed by atoms with Gasteiger partial charge in [-0.25, -0.2) is 9.97 Å². The number of imidazole rings is 1. The number of hydrogen-bond acceptors (Lipinski definition) is 5. The van der Waals surface area contributed by atoms with Crippen LogP contribution in [-0.2, 0) is 6.54 Å². The van der Waals surface area contributed by atoms with E-state index in [0.29, 0.717) is 12.2 Å². The largest absolute Gasteiger partial charge is 0.497 e. The summed E-state index contributed by atoms with van der Waals surface area (Å²) in [5, 5.41) is 4.13. The lowest BCUT2D eigenvalue weighted by Gasteiger charge is -2.11. The first-order chi connectivity index (χ1) is 15.1. The summed E-state index contributed by atoms with van der Waals surface area (Å²) in [6.07, 6.45) is 1.88. The number of ether oxygens (including phenoxy) is 1. The van der Waals surface area contributed by atoms with Crippen molar-refractivity contribution in [3.05, 3.63) is 83.9 Å². The van der Waals surface area contributed by atoms with Crippen LogP contribution in [-0.4, -0.2) is 26.8 Å². The number of rotatable bonds is 5. The van der Waals surface area contributed by atoms with Gasteiger partial charge in [-0.1, -0.05) is 47.6 Å². The highest BCUT2D eigenvalue weighted by Gasteiger charge is 2.19. The highest BCUT2D eigenvalue weighted by atomic mass is 16.5. The van der Waals surface area contributed by atoms with E-state index < -0.39 is 0 Å². The summed E-state index contributed by atoms with van der Waals surface area (Å²) in [6, 6.07) is 20.3. The fourth-order valence-corrected chi connectivity index (χ4v) is 3.82. The molecule has 6 heteroatoms. The first-order valence-electron chi connectivity index (χ1n) is 10.1. The van der Waals surface area contributed by atoms with Gasteiger partial charge in [0.2, 0.25) is 0 Å². The van der Waals surface area contributed by atoms with Crippen molar-refractivity contribution in [3.8, 4) is 28.3 Å². The second kappa shape index (κ2) is 7.72. The van der Waals surface area contributed by atoms with E-state index in [1.54, 1.807) is 7.11 Å². The Morgan fingerprint density at radius 3 is 2.48 bits per heavy atom. The van der Waals surface area contributed by atoms with Gasteiger partial charge < -0.3 is 13.8 Å². The molecule has 0 aliphatic rings. The van der Waals surface area contributed by atoms with Crippen LogP contribution in [0, 0.1) is 13.8 Å². The Hall–Kier alpha value is -3.93. The van der Waals surface area contributed by atoms with Crippen molar-refractivity contribution in [2.24, 2.45) is 0 Å². The average Bonchev–Trinajstić information content (AvgIpc) is 3.34. The van der Waals surface area contributed by atoms with Crippen molar-refractivity contribution in [3.63, 3.8) is 0 Å². The zero-order valence-electron chi connectivity index (χ0n) is 17.7. The summed E-state index contributed by atoms with van der Waals surface area (Å²) in [5.74, 6) is 2.42. The number of aromatic nitrogens is 4. The first-order valence-corrected chi connectivity index (χ1v) is 10.1. The van der Waals surface area contributed by atoms with Gasteiger partial charge >= 0.3 is 0 Å². The van der Waals surface area contributed by atoms with Gasteiger partial charge in [-0.15, -0.1) is 0 Å². The molecule has 5 rings (SSSR count). The molecule has 0 radical (unpaired) electrons. The van der Waals surface area contributed by atoms with E-state index in [9.17, 15) is 0 Å². The minimum atomic E-state index is 0.587. The third kappa shape index (κ3) is 3.46. The second-order valence-electron chi connectivity index (χ2n) is 7.49. The summed E-state index contributed by atoms with van der Waals surface area (Å²) in [7, 11) is 1.67. The minimum Gasteiger partial charge on any atom is -0.497 e. The van der Waals surface area contributed by atoms with Crippen LogP contribution in [0.25, 0.3) is 33.7 Å². The predicted molar refractivity (Wildman–Crippen MR) is 120 cm³/mol. The molecule has 0 N–H and O–H groups in total. The molecule has 6 nitrogen and oxygen atoms in total. The Kier molecular flexibility index (Phi) is 4.75. The summed E-state index contributed by atoms with van der Waals surface area (Å²) < 4.78 is 13.0. The Balaban J connectivity index is 1.73. The molecular formula is C25H22N4O2. The number of pyridine rings is 1. The Morgan fingerprint density at radius 1 is 0.935 bits per heavy atom. The monoisotopic (exact) mass is 410 g/mol. The van der Waals surface area contributed by atoms with Crippen LogP contribution < -0.4 is 4.74 Å². The van der Waals surface area contributed by atoms with Gasteiger partial charge in [-0.05, 0) is 37.6 Å². The van der Waals surface area contributed by atoms with Gasteiger partial charge in [0.1, 0.15) is 17.3 Å². The number of fused-ring (bicyclic) bond motifs is 1. The molecule has 0 aliphatic carbocycles. The molecule has 3 aromatic heterocycles. The molecule has 0 fully saturated rings. The molecule has 0 saturated carbocycles. The quantitative estimate of drug-likeness (QED) is 0.387. The standard InChI is InChI=1S/C25H22N4O2/c1-16-22(17(2)31-28-16)15-29-23-13-20(18-8-5-4-6-9-18)14-26-24(23)27-25(29)19-10-7-11-21(12-19)30-3/h4-14H,15H2,1-3H3. The topological polar surface area (TPSA) is 66.0 Å². The van der Waals surface area contributed by atoms with Crippen molar-refractivity contribution in [2.45, 2.75) is 20.4 Å². The average molecular weight is 410 g/mol. The third-order valence-corrected chi connectivity index (χ3v) is 5.54. The number of methoxy groups -OCH3 is 1. The van der Waals surface area contributed by atoms with Crippen LogP contribution in [0.1, 0.15) is 17.0 Å². The molecule has 0 aliphatic heterocycles. The van der Waals surface area contributed by atoms with Crippen molar-refractivity contribution < 1.29 is 9.26 Å². The smallest absolute Gasteiger partial charge is 0.178 e. The number of aryl methyl sites for hydroxylation is 2. The Labute approximate surface area is 180 Å². The van der Waals surface area contributed by atoms with Gasteiger partial charge in [0, 0.05) is 22.9 Å². The summed E-state index contributed by atoms with van der Waals surface area (Å²) >= 11 is 0. The van der Waals surface area contributed by atoms with Gasteiger partial charge in [0.15, 0.2) is 5.65 Å². The van der Waals surface area contributed by atoms with Crippen LogP contribution in [0.15, 0.2) is 71.4 Å². The van der Waals surface area contributed by atoms with E-state index in [1.165, 1.54) is 0 Å². The SMILES string of the molecule is COc1cccc(-c2nc3ncc(-c4ccccc4)cc3n2Cc2c(C)noc2C)c1. The third-order valence-electron chi connectivity index (χ3n) is 5.54. The molecular weight excluding hydrogens is 388 g/mol. The van der Waals surface area contributed by atoms with Gasteiger partial charge in [0.25, 0.3) is 0 Å². The highest BCUT2D eigenvalue weighted by molar-refractivity contribution is 5.82.